The lowest BCUT2D eigenvalue weighted by Gasteiger charge is -2.33. The maximum Gasteiger partial charge on any atom is 0.281 e. The lowest BCUT2D eigenvalue weighted by atomic mass is 9.96. The Kier molecular flexibility index (Phi) is 5.93. The van der Waals surface area contributed by atoms with Crippen molar-refractivity contribution in [2.75, 3.05) is 34.3 Å². The van der Waals surface area contributed by atoms with Gasteiger partial charge in [-0.3, -0.25) is 4.98 Å². The van der Waals surface area contributed by atoms with Crippen LogP contribution in [0.1, 0.15) is 24.5 Å². The van der Waals surface area contributed by atoms with Crippen LogP contribution >= 0.6 is 0 Å². The van der Waals surface area contributed by atoms with E-state index in [1.165, 1.54) is 8.61 Å². The summed E-state index contributed by atoms with van der Waals surface area (Å²) >= 11 is 0. The minimum absolute atomic E-state index is 0.0808. The smallest absolute Gasteiger partial charge is 0.281 e. The zero-order chi connectivity index (χ0) is 19.4. The molecule has 0 radical (unpaired) electrons. The van der Waals surface area contributed by atoms with Gasteiger partial charge in [-0.05, 0) is 25.0 Å². The van der Waals surface area contributed by atoms with Crippen LogP contribution in [0, 0.1) is 0 Å². The minimum Gasteiger partial charge on any atom is -0.497 e. The molecule has 1 aromatic heterocycles. The summed E-state index contributed by atoms with van der Waals surface area (Å²) in [4.78, 5) is 8.77. The predicted octanol–water partition coefficient (Wildman–Crippen LogP) is 2.26. The fourth-order valence-electron chi connectivity index (χ4n) is 3.08. The Morgan fingerprint density at radius 2 is 1.93 bits per heavy atom. The highest BCUT2D eigenvalue weighted by Crippen LogP contribution is 2.34. The van der Waals surface area contributed by atoms with Gasteiger partial charge in [0.25, 0.3) is 10.2 Å². The van der Waals surface area contributed by atoms with Gasteiger partial charge in [0.15, 0.2) is 0 Å². The first kappa shape index (κ1) is 19.5. The standard InChI is InChI=1S/C18H24N4O4S/c1-21(2)27(23,24)22-11-5-6-14(13-22)17-18(20-10-9-19-17)26-16-8-4-7-15(12-16)25-3/h4,7-10,12,14H,5-6,11,13H2,1-3H3. The quantitative estimate of drug-likeness (QED) is 0.750. The Bertz CT molecular complexity index is 888. The van der Waals surface area contributed by atoms with Crippen LogP contribution < -0.4 is 9.47 Å². The van der Waals surface area contributed by atoms with Crippen molar-refractivity contribution in [3.63, 3.8) is 0 Å². The van der Waals surface area contributed by atoms with Crippen LogP contribution in [0.4, 0.5) is 0 Å². The minimum atomic E-state index is -3.46. The van der Waals surface area contributed by atoms with Gasteiger partial charge in [-0.15, -0.1) is 0 Å². The summed E-state index contributed by atoms with van der Waals surface area (Å²) in [6.45, 7) is 0.858. The Labute approximate surface area is 159 Å². The summed E-state index contributed by atoms with van der Waals surface area (Å²) in [6.07, 6.45) is 4.75. The maximum atomic E-state index is 12.5. The van der Waals surface area contributed by atoms with E-state index in [-0.39, 0.29) is 5.92 Å². The first-order chi connectivity index (χ1) is 12.9. The molecule has 27 heavy (non-hydrogen) atoms. The van der Waals surface area contributed by atoms with Gasteiger partial charge in [0.05, 0.1) is 7.11 Å². The largest absolute Gasteiger partial charge is 0.497 e. The van der Waals surface area contributed by atoms with Crippen LogP contribution in [0.5, 0.6) is 17.4 Å². The molecule has 0 spiro atoms. The number of ether oxygens (including phenoxy) is 2. The van der Waals surface area contributed by atoms with E-state index < -0.39 is 10.2 Å². The summed E-state index contributed by atoms with van der Waals surface area (Å²) in [5.41, 5.74) is 0.666. The Balaban J connectivity index is 1.85. The first-order valence-corrected chi connectivity index (χ1v) is 10.1. The average Bonchev–Trinajstić information content (AvgIpc) is 2.68. The maximum absolute atomic E-state index is 12.5. The third kappa shape index (κ3) is 4.37. The monoisotopic (exact) mass is 392 g/mol. The van der Waals surface area contributed by atoms with E-state index in [2.05, 4.69) is 9.97 Å². The van der Waals surface area contributed by atoms with Crippen molar-refractivity contribution < 1.29 is 17.9 Å². The fraction of sp³-hybridized carbons (Fsp3) is 0.444. The molecule has 1 saturated heterocycles. The lowest BCUT2D eigenvalue weighted by molar-refractivity contribution is 0.291. The van der Waals surface area contributed by atoms with E-state index >= 15 is 0 Å². The molecule has 0 saturated carbocycles. The second kappa shape index (κ2) is 8.20. The Morgan fingerprint density at radius 3 is 2.67 bits per heavy atom. The molecule has 1 fully saturated rings. The number of benzene rings is 1. The molecule has 0 amide bonds. The highest BCUT2D eigenvalue weighted by molar-refractivity contribution is 7.86. The number of piperidine rings is 1. The van der Waals surface area contributed by atoms with Gasteiger partial charge in [0, 0.05) is 51.6 Å². The first-order valence-electron chi connectivity index (χ1n) is 8.72. The molecule has 1 atom stereocenters. The van der Waals surface area contributed by atoms with E-state index in [0.717, 1.165) is 12.8 Å². The molecule has 0 bridgehead atoms. The molecule has 2 heterocycles. The zero-order valence-corrected chi connectivity index (χ0v) is 16.5. The summed E-state index contributed by atoms with van der Waals surface area (Å²) in [5, 5.41) is 0. The molecule has 9 heteroatoms. The molecule has 8 nitrogen and oxygen atoms in total. The molecular weight excluding hydrogens is 368 g/mol. The molecule has 1 aliphatic rings. The Morgan fingerprint density at radius 1 is 1.19 bits per heavy atom. The average molecular weight is 392 g/mol. The van der Waals surface area contributed by atoms with Gasteiger partial charge in [-0.25, -0.2) is 4.98 Å². The summed E-state index contributed by atoms with van der Waals surface area (Å²) in [6, 6.07) is 7.23. The molecule has 0 aliphatic carbocycles. The third-order valence-corrected chi connectivity index (χ3v) is 6.41. The van der Waals surface area contributed by atoms with Crippen molar-refractivity contribution in [3.05, 3.63) is 42.4 Å². The summed E-state index contributed by atoms with van der Waals surface area (Å²) < 4.78 is 38.8. The normalized spacial score (nSPS) is 18.4. The molecule has 1 aliphatic heterocycles. The van der Waals surface area contributed by atoms with Crippen molar-refractivity contribution in [3.8, 4) is 17.4 Å². The van der Waals surface area contributed by atoms with Crippen LogP contribution in [0.25, 0.3) is 0 Å². The van der Waals surface area contributed by atoms with E-state index in [9.17, 15) is 8.42 Å². The number of aromatic nitrogens is 2. The van der Waals surface area contributed by atoms with Crippen molar-refractivity contribution in [1.29, 1.82) is 0 Å². The van der Waals surface area contributed by atoms with Crippen molar-refractivity contribution in [2.24, 2.45) is 0 Å². The van der Waals surface area contributed by atoms with Crippen LogP contribution in [0.15, 0.2) is 36.7 Å². The van der Waals surface area contributed by atoms with Crippen molar-refractivity contribution >= 4 is 10.2 Å². The van der Waals surface area contributed by atoms with Crippen LogP contribution in [-0.2, 0) is 10.2 Å². The van der Waals surface area contributed by atoms with Crippen LogP contribution in [0.2, 0.25) is 0 Å². The van der Waals surface area contributed by atoms with Gasteiger partial charge in [0.2, 0.25) is 5.88 Å². The van der Waals surface area contributed by atoms with Gasteiger partial charge >= 0.3 is 0 Å². The molecule has 1 unspecified atom stereocenters. The Hall–Kier alpha value is -2.23. The van der Waals surface area contributed by atoms with E-state index in [0.29, 0.717) is 36.2 Å². The van der Waals surface area contributed by atoms with Gasteiger partial charge in [-0.1, -0.05) is 6.07 Å². The highest BCUT2D eigenvalue weighted by Gasteiger charge is 2.33. The number of rotatable bonds is 6. The molecule has 146 valence electrons. The summed E-state index contributed by atoms with van der Waals surface area (Å²) in [5.74, 6) is 1.58. The SMILES string of the molecule is COc1cccc(Oc2nccnc2C2CCCN(S(=O)(=O)N(C)C)C2)c1. The highest BCUT2D eigenvalue weighted by atomic mass is 32.2. The molecular formula is C18H24N4O4S. The van der Waals surface area contributed by atoms with Crippen LogP contribution in [0.3, 0.4) is 0 Å². The molecule has 3 rings (SSSR count). The number of hydrogen-bond acceptors (Lipinski definition) is 6. The second-order valence-corrected chi connectivity index (χ2v) is 8.66. The number of methoxy groups -OCH3 is 1. The molecule has 1 aromatic carbocycles. The van der Waals surface area contributed by atoms with Gasteiger partial charge < -0.3 is 9.47 Å². The fourth-order valence-corrected chi connectivity index (χ4v) is 4.27. The topological polar surface area (TPSA) is 84.9 Å². The number of hydrogen-bond donors (Lipinski definition) is 0. The van der Waals surface area contributed by atoms with E-state index in [4.69, 9.17) is 9.47 Å². The van der Waals surface area contributed by atoms with Crippen molar-refractivity contribution in [2.45, 2.75) is 18.8 Å². The zero-order valence-electron chi connectivity index (χ0n) is 15.7. The summed E-state index contributed by atoms with van der Waals surface area (Å²) in [7, 11) is 1.21. The second-order valence-electron chi connectivity index (χ2n) is 6.52. The van der Waals surface area contributed by atoms with Crippen LogP contribution in [-0.4, -0.2) is 61.3 Å². The number of nitrogens with zero attached hydrogens (tertiary/aromatic N) is 4. The third-order valence-electron chi connectivity index (χ3n) is 4.51. The lowest BCUT2D eigenvalue weighted by Crippen LogP contribution is -2.45. The van der Waals surface area contributed by atoms with Gasteiger partial charge in [0.1, 0.15) is 17.2 Å². The molecule has 2 aromatic rings. The predicted molar refractivity (Wildman–Crippen MR) is 101 cm³/mol. The van der Waals surface area contributed by atoms with E-state index in [1.54, 1.807) is 39.7 Å². The van der Waals surface area contributed by atoms with Gasteiger partial charge in [-0.2, -0.15) is 17.0 Å². The van der Waals surface area contributed by atoms with E-state index in [1.807, 2.05) is 18.2 Å². The molecule has 0 N–H and O–H groups in total. The van der Waals surface area contributed by atoms with Crippen molar-refractivity contribution in [1.82, 2.24) is 18.6 Å².